The topological polar surface area (TPSA) is 63.2 Å². The Morgan fingerprint density at radius 3 is 2.58 bits per heavy atom. The molecule has 1 N–H and O–H groups in total. The molecular formula is C18H13NO3S2. The van der Waals surface area contributed by atoms with Crippen LogP contribution < -0.4 is 4.72 Å². The van der Waals surface area contributed by atoms with Crippen molar-refractivity contribution in [2.24, 2.45) is 0 Å². The van der Waals surface area contributed by atoms with E-state index < -0.39 is 10.0 Å². The zero-order chi connectivity index (χ0) is 16.9. The van der Waals surface area contributed by atoms with Crippen LogP contribution >= 0.6 is 11.8 Å². The van der Waals surface area contributed by atoms with Crippen molar-refractivity contribution in [1.82, 2.24) is 0 Å². The van der Waals surface area contributed by atoms with Crippen LogP contribution in [0.15, 0.2) is 64.4 Å². The molecule has 1 aliphatic rings. The standard InChI is InChI=1S/C18H13NO3S2/c1-11-4-2-5-12(10-11)19-24(21,22)16-9-8-15-17-13(16)6-3-7-14(17)18(20)23-15/h2-10,19H,1H3. The fraction of sp³-hybridized carbons (Fsp3) is 0.0556. The van der Waals surface area contributed by atoms with Gasteiger partial charge in [0.25, 0.3) is 10.0 Å². The molecule has 3 aromatic rings. The number of rotatable bonds is 3. The number of benzene rings is 3. The van der Waals surface area contributed by atoms with Crippen LogP contribution in [0.25, 0.3) is 10.8 Å². The molecule has 0 aliphatic carbocycles. The monoisotopic (exact) mass is 355 g/mol. The van der Waals surface area contributed by atoms with E-state index in [1.807, 2.05) is 13.0 Å². The lowest BCUT2D eigenvalue weighted by molar-refractivity contribution is 0.109. The highest BCUT2D eigenvalue weighted by atomic mass is 32.2. The molecule has 0 saturated carbocycles. The summed E-state index contributed by atoms with van der Waals surface area (Å²) in [7, 11) is -3.75. The van der Waals surface area contributed by atoms with Crippen molar-refractivity contribution in [1.29, 1.82) is 0 Å². The van der Waals surface area contributed by atoms with Crippen molar-refractivity contribution in [2.45, 2.75) is 16.7 Å². The van der Waals surface area contributed by atoms with E-state index in [1.54, 1.807) is 48.5 Å². The van der Waals surface area contributed by atoms with Crippen molar-refractivity contribution < 1.29 is 13.2 Å². The largest absolute Gasteiger partial charge is 0.281 e. The number of thioether (sulfide) groups is 1. The minimum absolute atomic E-state index is 0.0446. The zero-order valence-electron chi connectivity index (χ0n) is 12.7. The Labute approximate surface area is 143 Å². The number of sulfonamides is 1. The predicted octanol–water partition coefficient (Wildman–Crippen LogP) is 4.19. The lowest BCUT2D eigenvalue weighted by Crippen LogP contribution is -2.13. The summed E-state index contributed by atoms with van der Waals surface area (Å²) in [6, 6.07) is 15.6. The van der Waals surface area contributed by atoms with E-state index in [0.717, 1.165) is 27.6 Å². The molecule has 0 bridgehead atoms. The van der Waals surface area contributed by atoms with Gasteiger partial charge >= 0.3 is 0 Å². The highest BCUT2D eigenvalue weighted by Crippen LogP contribution is 2.42. The number of hydrogen-bond donors (Lipinski definition) is 1. The summed E-state index contributed by atoms with van der Waals surface area (Å²) in [6.45, 7) is 1.90. The maximum Gasteiger partial charge on any atom is 0.262 e. The van der Waals surface area contributed by atoms with Crippen molar-refractivity contribution in [3.8, 4) is 0 Å². The van der Waals surface area contributed by atoms with E-state index in [9.17, 15) is 13.2 Å². The van der Waals surface area contributed by atoms with Gasteiger partial charge in [-0.05, 0) is 54.6 Å². The molecule has 0 unspecified atom stereocenters. The summed E-state index contributed by atoms with van der Waals surface area (Å²) in [4.78, 5) is 13.0. The van der Waals surface area contributed by atoms with Gasteiger partial charge in [0.1, 0.15) is 0 Å². The Morgan fingerprint density at radius 1 is 1.00 bits per heavy atom. The van der Waals surface area contributed by atoms with Gasteiger partial charge in [-0.15, -0.1) is 0 Å². The third kappa shape index (κ3) is 2.39. The van der Waals surface area contributed by atoms with Gasteiger partial charge in [-0.1, -0.05) is 24.3 Å². The van der Waals surface area contributed by atoms with E-state index in [0.29, 0.717) is 16.6 Å². The van der Waals surface area contributed by atoms with Crippen molar-refractivity contribution in [3.05, 3.63) is 65.7 Å². The molecule has 0 spiro atoms. The molecule has 120 valence electrons. The summed E-state index contributed by atoms with van der Waals surface area (Å²) < 4.78 is 28.3. The van der Waals surface area contributed by atoms with Crippen molar-refractivity contribution in [3.63, 3.8) is 0 Å². The smallest absolute Gasteiger partial charge is 0.262 e. The van der Waals surface area contributed by atoms with Crippen molar-refractivity contribution >= 4 is 43.4 Å². The van der Waals surface area contributed by atoms with Crippen LogP contribution in [-0.2, 0) is 10.0 Å². The first kappa shape index (κ1) is 15.2. The molecule has 0 amide bonds. The molecule has 0 aromatic heterocycles. The Morgan fingerprint density at radius 2 is 1.79 bits per heavy atom. The van der Waals surface area contributed by atoms with Crippen LogP contribution in [0.5, 0.6) is 0 Å². The first-order valence-electron chi connectivity index (χ1n) is 7.33. The minimum Gasteiger partial charge on any atom is -0.281 e. The maximum absolute atomic E-state index is 12.8. The van der Waals surface area contributed by atoms with E-state index in [2.05, 4.69) is 4.72 Å². The first-order chi connectivity index (χ1) is 11.5. The van der Waals surface area contributed by atoms with Gasteiger partial charge < -0.3 is 0 Å². The number of nitrogens with one attached hydrogen (secondary N) is 1. The second-order valence-electron chi connectivity index (χ2n) is 5.65. The molecule has 3 aromatic carbocycles. The van der Waals surface area contributed by atoms with Gasteiger partial charge in [0.2, 0.25) is 5.12 Å². The summed E-state index contributed by atoms with van der Waals surface area (Å²) in [5.41, 5.74) is 2.06. The molecule has 0 saturated heterocycles. The number of carbonyl (C=O) groups is 1. The van der Waals surface area contributed by atoms with Crippen LogP contribution in [0.3, 0.4) is 0 Å². The first-order valence-corrected chi connectivity index (χ1v) is 9.63. The molecule has 24 heavy (non-hydrogen) atoms. The SMILES string of the molecule is Cc1cccc(NS(=O)(=O)c2ccc3c4c(cccc24)C(=O)S3)c1. The minimum atomic E-state index is -3.75. The summed E-state index contributed by atoms with van der Waals surface area (Å²) in [6.07, 6.45) is 0. The number of carbonyl (C=O) groups excluding carboxylic acids is 1. The highest BCUT2D eigenvalue weighted by molar-refractivity contribution is 8.14. The molecule has 0 fully saturated rings. The Kier molecular flexibility index (Phi) is 3.40. The molecular weight excluding hydrogens is 342 g/mol. The Balaban J connectivity index is 1.88. The normalized spacial score (nSPS) is 13.5. The lowest BCUT2D eigenvalue weighted by atomic mass is 10.1. The predicted molar refractivity (Wildman–Crippen MR) is 96.1 cm³/mol. The van der Waals surface area contributed by atoms with Crippen LogP contribution in [0.1, 0.15) is 15.9 Å². The average molecular weight is 355 g/mol. The van der Waals surface area contributed by atoms with E-state index in [-0.39, 0.29) is 10.0 Å². The van der Waals surface area contributed by atoms with Crippen LogP contribution in [-0.4, -0.2) is 13.5 Å². The lowest BCUT2D eigenvalue weighted by Gasteiger charge is -2.11. The fourth-order valence-corrected chi connectivity index (χ4v) is 5.10. The summed E-state index contributed by atoms with van der Waals surface area (Å²) >= 11 is 1.14. The van der Waals surface area contributed by atoms with Gasteiger partial charge in [0.05, 0.1) is 4.90 Å². The fourth-order valence-electron chi connectivity index (χ4n) is 2.91. The van der Waals surface area contributed by atoms with Crippen LogP contribution in [0, 0.1) is 6.92 Å². The Bertz CT molecular complexity index is 1100. The molecule has 0 atom stereocenters. The van der Waals surface area contributed by atoms with Gasteiger partial charge in [-0.2, -0.15) is 0 Å². The van der Waals surface area contributed by atoms with Crippen LogP contribution in [0.2, 0.25) is 0 Å². The molecule has 1 aliphatic heterocycles. The van der Waals surface area contributed by atoms with E-state index >= 15 is 0 Å². The van der Waals surface area contributed by atoms with Crippen LogP contribution in [0.4, 0.5) is 5.69 Å². The quantitative estimate of drug-likeness (QED) is 0.765. The van der Waals surface area contributed by atoms with Crippen molar-refractivity contribution in [2.75, 3.05) is 4.72 Å². The molecule has 1 heterocycles. The molecule has 4 rings (SSSR count). The third-order valence-electron chi connectivity index (χ3n) is 3.94. The second kappa shape index (κ2) is 5.36. The maximum atomic E-state index is 12.8. The van der Waals surface area contributed by atoms with Gasteiger partial charge in [0.15, 0.2) is 0 Å². The number of aryl methyl sites for hydroxylation is 1. The second-order valence-corrected chi connectivity index (χ2v) is 8.32. The number of anilines is 1. The third-order valence-corrected chi connectivity index (χ3v) is 6.35. The van der Waals surface area contributed by atoms with Gasteiger partial charge in [-0.25, -0.2) is 8.42 Å². The summed E-state index contributed by atoms with van der Waals surface area (Å²) in [5.74, 6) is 0. The number of hydrogen-bond acceptors (Lipinski definition) is 4. The van der Waals surface area contributed by atoms with Gasteiger partial charge in [-0.3, -0.25) is 9.52 Å². The Hall–Kier alpha value is -2.31. The summed E-state index contributed by atoms with van der Waals surface area (Å²) in [5, 5.41) is 1.25. The molecule has 0 radical (unpaired) electrons. The molecule has 4 nitrogen and oxygen atoms in total. The van der Waals surface area contributed by atoms with E-state index in [1.165, 1.54) is 0 Å². The van der Waals surface area contributed by atoms with Gasteiger partial charge in [0, 0.05) is 26.9 Å². The zero-order valence-corrected chi connectivity index (χ0v) is 14.4. The highest BCUT2D eigenvalue weighted by Gasteiger charge is 2.27. The van der Waals surface area contributed by atoms with E-state index in [4.69, 9.17) is 0 Å². The molecule has 6 heteroatoms. The average Bonchev–Trinajstić information content (AvgIpc) is 2.85.